The van der Waals surface area contributed by atoms with E-state index in [1.807, 2.05) is 0 Å². The van der Waals surface area contributed by atoms with Crippen molar-refractivity contribution in [2.45, 2.75) is 63.1 Å². The molecule has 0 aromatic heterocycles. The van der Waals surface area contributed by atoms with Gasteiger partial charge >= 0.3 is 0 Å². The Morgan fingerprint density at radius 1 is 1.16 bits per heavy atom. The average molecular weight is 352 g/mol. The van der Waals surface area contributed by atoms with Crippen LogP contribution in [0, 0.1) is 11.6 Å². The Bertz CT molecular complexity index is 619. The number of nitrogens with one attached hydrogen (secondary N) is 1. The van der Waals surface area contributed by atoms with Gasteiger partial charge in [0, 0.05) is 25.7 Å². The first-order chi connectivity index (χ1) is 12.0. The predicted octanol–water partition coefficient (Wildman–Crippen LogP) is 2.74. The first kappa shape index (κ1) is 18.3. The van der Waals surface area contributed by atoms with E-state index in [0.29, 0.717) is 31.0 Å². The summed E-state index contributed by atoms with van der Waals surface area (Å²) in [4.78, 5) is 14.3. The number of aliphatic hydroxyl groups is 1. The van der Waals surface area contributed by atoms with Gasteiger partial charge in [-0.25, -0.2) is 8.78 Å². The number of benzene rings is 1. The monoisotopic (exact) mass is 352 g/mol. The van der Waals surface area contributed by atoms with E-state index in [1.54, 1.807) is 4.90 Å². The first-order valence-electron chi connectivity index (χ1n) is 9.17. The van der Waals surface area contributed by atoms with Gasteiger partial charge in [0.15, 0.2) is 17.2 Å². The van der Waals surface area contributed by atoms with Crippen LogP contribution in [0.1, 0.15) is 50.5 Å². The van der Waals surface area contributed by atoms with Crippen LogP contribution >= 0.6 is 0 Å². The molecule has 1 aliphatic heterocycles. The third kappa shape index (κ3) is 4.36. The molecule has 1 aromatic rings. The molecule has 2 N–H and O–H groups in total. The Morgan fingerprint density at radius 3 is 2.64 bits per heavy atom. The van der Waals surface area contributed by atoms with Gasteiger partial charge in [0.05, 0.1) is 0 Å². The van der Waals surface area contributed by atoms with Crippen molar-refractivity contribution >= 4 is 5.91 Å². The maximum atomic E-state index is 13.4. The van der Waals surface area contributed by atoms with Crippen LogP contribution in [0.25, 0.3) is 0 Å². The van der Waals surface area contributed by atoms with E-state index in [1.165, 1.54) is 25.3 Å². The molecule has 0 unspecified atom stereocenters. The molecule has 1 heterocycles. The highest BCUT2D eigenvalue weighted by atomic mass is 19.2. The van der Waals surface area contributed by atoms with Crippen molar-refractivity contribution in [2.24, 2.45) is 0 Å². The van der Waals surface area contributed by atoms with E-state index in [2.05, 4.69) is 5.32 Å². The second kappa shape index (κ2) is 7.79. The van der Waals surface area contributed by atoms with Gasteiger partial charge < -0.3 is 15.3 Å². The molecule has 1 atom stereocenters. The third-order valence-corrected chi connectivity index (χ3v) is 5.35. The number of hydrogen-bond donors (Lipinski definition) is 2. The number of rotatable bonds is 5. The lowest BCUT2D eigenvalue weighted by molar-refractivity contribution is -0.157. The highest BCUT2D eigenvalue weighted by Gasteiger charge is 2.42. The highest BCUT2D eigenvalue weighted by molar-refractivity contribution is 5.86. The highest BCUT2D eigenvalue weighted by Crippen LogP contribution is 2.25. The number of nitrogens with zero attached hydrogens (tertiary/aromatic N) is 1. The van der Waals surface area contributed by atoms with E-state index in [9.17, 15) is 18.7 Å². The summed E-state index contributed by atoms with van der Waals surface area (Å²) < 4.78 is 26.4. The number of piperidine rings is 1. The van der Waals surface area contributed by atoms with Crippen LogP contribution in [-0.4, -0.2) is 40.6 Å². The Morgan fingerprint density at radius 2 is 1.92 bits per heavy atom. The molecule has 6 heteroatoms. The van der Waals surface area contributed by atoms with Gasteiger partial charge in [0.25, 0.3) is 5.91 Å². The Labute approximate surface area is 147 Å². The summed E-state index contributed by atoms with van der Waals surface area (Å²) in [5.74, 6) is -2.15. The van der Waals surface area contributed by atoms with E-state index in [4.69, 9.17) is 0 Å². The second-order valence-corrected chi connectivity index (χ2v) is 7.33. The third-order valence-electron chi connectivity index (χ3n) is 5.35. The second-order valence-electron chi connectivity index (χ2n) is 7.33. The summed E-state index contributed by atoms with van der Waals surface area (Å²) >= 11 is 0. The fourth-order valence-electron chi connectivity index (χ4n) is 3.86. The van der Waals surface area contributed by atoms with E-state index in [-0.39, 0.29) is 19.0 Å². The van der Waals surface area contributed by atoms with Crippen molar-refractivity contribution in [2.75, 3.05) is 13.1 Å². The number of amides is 1. The minimum Gasteiger partial charge on any atom is -0.379 e. The van der Waals surface area contributed by atoms with Gasteiger partial charge in [-0.2, -0.15) is 0 Å². The smallest absolute Gasteiger partial charge is 0.256 e. The van der Waals surface area contributed by atoms with Gasteiger partial charge in [-0.15, -0.1) is 0 Å². The summed E-state index contributed by atoms with van der Waals surface area (Å²) in [5.41, 5.74) is -0.884. The number of hydrogen-bond acceptors (Lipinski definition) is 3. The Hall–Kier alpha value is -1.53. The fraction of sp³-hybridized carbons (Fsp3) is 0.632. The van der Waals surface area contributed by atoms with Crippen molar-refractivity contribution < 1.29 is 18.7 Å². The predicted molar refractivity (Wildman–Crippen MR) is 90.8 cm³/mol. The normalized spacial score (nSPS) is 25.4. The van der Waals surface area contributed by atoms with Crippen LogP contribution in [0.4, 0.5) is 8.78 Å². The standard InChI is InChI=1S/C19H26F2N2O2/c20-16-8-7-14(11-17(16)21)12-23-10-4-9-19(25,18(23)24)13-22-15-5-2-1-3-6-15/h7-8,11,15,22,25H,1-6,9-10,12-13H2/t19-/m0/s1. The molecule has 0 radical (unpaired) electrons. The zero-order chi connectivity index (χ0) is 17.9. The minimum atomic E-state index is -1.41. The van der Waals surface area contributed by atoms with Crippen LogP contribution in [-0.2, 0) is 11.3 Å². The molecule has 1 saturated heterocycles. The lowest BCUT2D eigenvalue weighted by Gasteiger charge is -2.39. The maximum absolute atomic E-state index is 13.4. The Balaban J connectivity index is 1.61. The summed E-state index contributed by atoms with van der Waals surface area (Å²) in [6.07, 6.45) is 6.92. The molecule has 0 bridgehead atoms. The fourth-order valence-corrected chi connectivity index (χ4v) is 3.86. The van der Waals surface area contributed by atoms with Crippen LogP contribution < -0.4 is 5.32 Å². The molecule has 2 aliphatic rings. The van der Waals surface area contributed by atoms with Crippen molar-refractivity contribution in [3.05, 3.63) is 35.4 Å². The summed E-state index contributed by atoms with van der Waals surface area (Å²) in [5, 5.41) is 14.2. The number of halogens is 2. The van der Waals surface area contributed by atoms with E-state index in [0.717, 1.165) is 25.0 Å². The topological polar surface area (TPSA) is 52.6 Å². The lowest BCUT2D eigenvalue weighted by Crippen LogP contribution is -2.58. The van der Waals surface area contributed by atoms with Gasteiger partial charge in [-0.1, -0.05) is 25.3 Å². The Kier molecular flexibility index (Phi) is 5.69. The number of carbonyl (C=O) groups is 1. The maximum Gasteiger partial charge on any atom is 0.256 e. The van der Waals surface area contributed by atoms with E-state index < -0.39 is 17.2 Å². The minimum absolute atomic E-state index is 0.182. The molecule has 0 spiro atoms. The van der Waals surface area contributed by atoms with Crippen LogP contribution in [0.15, 0.2) is 18.2 Å². The van der Waals surface area contributed by atoms with Crippen LogP contribution in [0.2, 0.25) is 0 Å². The lowest BCUT2D eigenvalue weighted by atomic mass is 9.89. The van der Waals surface area contributed by atoms with Crippen LogP contribution in [0.3, 0.4) is 0 Å². The summed E-state index contributed by atoms with van der Waals surface area (Å²) in [6.45, 7) is 0.954. The molecule has 4 nitrogen and oxygen atoms in total. The first-order valence-corrected chi connectivity index (χ1v) is 9.17. The molecule has 1 aliphatic carbocycles. The average Bonchev–Trinajstić information content (AvgIpc) is 2.62. The molecule has 25 heavy (non-hydrogen) atoms. The molecule has 1 aromatic carbocycles. The number of carbonyl (C=O) groups excluding carboxylic acids is 1. The molecule has 1 amide bonds. The van der Waals surface area contributed by atoms with Crippen molar-refractivity contribution in [3.63, 3.8) is 0 Å². The number of likely N-dealkylation sites (tertiary alicyclic amines) is 1. The van der Waals surface area contributed by atoms with E-state index >= 15 is 0 Å². The van der Waals surface area contributed by atoms with Crippen molar-refractivity contribution in [3.8, 4) is 0 Å². The zero-order valence-corrected chi connectivity index (χ0v) is 14.4. The zero-order valence-electron chi connectivity index (χ0n) is 14.4. The largest absolute Gasteiger partial charge is 0.379 e. The molecule has 2 fully saturated rings. The molecule has 3 rings (SSSR count). The quantitative estimate of drug-likeness (QED) is 0.857. The van der Waals surface area contributed by atoms with Gasteiger partial charge in [0.2, 0.25) is 0 Å². The summed E-state index contributed by atoms with van der Waals surface area (Å²) in [7, 11) is 0. The molecular weight excluding hydrogens is 326 g/mol. The van der Waals surface area contributed by atoms with Gasteiger partial charge in [0.1, 0.15) is 0 Å². The summed E-state index contributed by atoms with van der Waals surface area (Å²) in [6, 6.07) is 4.01. The van der Waals surface area contributed by atoms with Crippen molar-refractivity contribution in [1.29, 1.82) is 0 Å². The van der Waals surface area contributed by atoms with Gasteiger partial charge in [-0.3, -0.25) is 4.79 Å². The molecule has 1 saturated carbocycles. The molecular formula is C19H26F2N2O2. The van der Waals surface area contributed by atoms with Crippen LogP contribution in [0.5, 0.6) is 0 Å². The SMILES string of the molecule is O=C1N(Cc2ccc(F)c(F)c2)CCC[C@]1(O)CNC1CCCCC1. The molecule has 138 valence electrons. The van der Waals surface area contributed by atoms with Gasteiger partial charge in [-0.05, 0) is 43.4 Å². The van der Waals surface area contributed by atoms with Crippen molar-refractivity contribution in [1.82, 2.24) is 10.2 Å².